The average Bonchev–Trinajstić information content (AvgIpc) is 3.06. The third kappa shape index (κ3) is 4.59. The average molecular weight is 385 g/mol. The number of fused-ring (bicyclic) bond motifs is 1. The smallest absolute Gasteiger partial charge is 0.264 e. The van der Waals surface area contributed by atoms with Crippen LogP contribution in [-0.4, -0.2) is 30.3 Å². The predicted molar refractivity (Wildman–Crippen MR) is 112 cm³/mol. The van der Waals surface area contributed by atoms with Crippen molar-refractivity contribution in [3.8, 4) is 0 Å². The van der Waals surface area contributed by atoms with Crippen molar-refractivity contribution in [1.82, 2.24) is 4.90 Å². The second kappa shape index (κ2) is 8.26. The lowest BCUT2D eigenvalue weighted by Gasteiger charge is -2.19. The minimum Gasteiger partial charge on any atom is -0.332 e. The lowest BCUT2D eigenvalue weighted by atomic mass is 9.87. The number of anilines is 1. The first kappa shape index (κ1) is 19.6. The van der Waals surface area contributed by atoms with E-state index in [9.17, 15) is 9.59 Å². The molecule has 4 nitrogen and oxygen atoms in total. The maximum atomic E-state index is 12.8. The van der Waals surface area contributed by atoms with Gasteiger partial charge in [-0.25, -0.2) is 0 Å². The third-order valence-electron chi connectivity index (χ3n) is 5.37. The van der Waals surface area contributed by atoms with E-state index >= 15 is 0 Å². The highest BCUT2D eigenvalue weighted by Crippen LogP contribution is 2.34. The Bertz CT molecular complexity index is 856. The number of benzene rings is 1. The summed E-state index contributed by atoms with van der Waals surface area (Å²) in [6.45, 7) is 6.23. The Kier molecular flexibility index (Phi) is 6.00. The SMILES string of the molecule is CC[C@H]1CCc2sc(C(=O)N(C)CC(=O)Nc3cc(C)ccc3C)cc2C1. The van der Waals surface area contributed by atoms with Gasteiger partial charge < -0.3 is 10.2 Å². The van der Waals surface area contributed by atoms with Gasteiger partial charge in [-0.2, -0.15) is 0 Å². The topological polar surface area (TPSA) is 49.4 Å². The van der Waals surface area contributed by atoms with Crippen LogP contribution in [0.5, 0.6) is 0 Å². The van der Waals surface area contributed by atoms with Gasteiger partial charge in [-0.15, -0.1) is 11.3 Å². The highest BCUT2D eigenvalue weighted by molar-refractivity contribution is 7.14. The number of thiophene rings is 1. The van der Waals surface area contributed by atoms with Crippen LogP contribution in [-0.2, 0) is 17.6 Å². The van der Waals surface area contributed by atoms with Crippen LogP contribution < -0.4 is 5.32 Å². The molecule has 0 saturated heterocycles. The van der Waals surface area contributed by atoms with E-state index in [1.165, 1.54) is 28.2 Å². The maximum Gasteiger partial charge on any atom is 0.264 e. The summed E-state index contributed by atoms with van der Waals surface area (Å²) in [6, 6.07) is 8.00. The van der Waals surface area contributed by atoms with Gasteiger partial charge in [0.1, 0.15) is 0 Å². The molecule has 1 N–H and O–H groups in total. The van der Waals surface area contributed by atoms with Gasteiger partial charge in [0.2, 0.25) is 5.91 Å². The largest absolute Gasteiger partial charge is 0.332 e. The van der Waals surface area contributed by atoms with Gasteiger partial charge in [-0.1, -0.05) is 25.5 Å². The van der Waals surface area contributed by atoms with E-state index in [0.717, 1.165) is 40.5 Å². The van der Waals surface area contributed by atoms with Crippen molar-refractivity contribution >= 4 is 28.8 Å². The lowest BCUT2D eigenvalue weighted by molar-refractivity contribution is -0.116. The third-order valence-corrected chi connectivity index (χ3v) is 6.59. The Hall–Kier alpha value is -2.14. The number of nitrogens with one attached hydrogen (secondary N) is 1. The zero-order valence-corrected chi connectivity index (χ0v) is 17.4. The molecule has 27 heavy (non-hydrogen) atoms. The first-order valence-electron chi connectivity index (χ1n) is 9.61. The lowest BCUT2D eigenvalue weighted by Crippen LogP contribution is -2.34. The molecule has 0 spiro atoms. The number of amides is 2. The Morgan fingerprint density at radius 2 is 2.04 bits per heavy atom. The molecule has 5 heteroatoms. The molecule has 1 aliphatic carbocycles. The Balaban J connectivity index is 1.63. The van der Waals surface area contributed by atoms with Gasteiger partial charge in [0.05, 0.1) is 11.4 Å². The molecule has 0 fully saturated rings. The fourth-order valence-corrected chi connectivity index (χ4v) is 4.79. The Morgan fingerprint density at radius 3 is 2.78 bits per heavy atom. The van der Waals surface area contributed by atoms with Crippen molar-refractivity contribution in [2.75, 3.05) is 18.9 Å². The summed E-state index contributed by atoms with van der Waals surface area (Å²) >= 11 is 1.60. The number of hydrogen-bond acceptors (Lipinski definition) is 3. The van der Waals surface area contributed by atoms with Crippen molar-refractivity contribution < 1.29 is 9.59 Å². The zero-order valence-electron chi connectivity index (χ0n) is 16.6. The van der Waals surface area contributed by atoms with Crippen LogP contribution in [0.2, 0.25) is 0 Å². The van der Waals surface area contributed by atoms with Gasteiger partial charge >= 0.3 is 0 Å². The first-order valence-corrected chi connectivity index (χ1v) is 10.4. The monoisotopic (exact) mass is 384 g/mol. The van der Waals surface area contributed by atoms with E-state index < -0.39 is 0 Å². The summed E-state index contributed by atoms with van der Waals surface area (Å²) in [4.78, 5) is 28.8. The van der Waals surface area contributed by atoms with Crippen LogP contribution in [0.25, 0.3) is 0 Å². The maximum absolute atomic E-state index is 12.8. The van der Waals surface area contributed by atoms with Crippen LogP contribution in [0.3, 0.4) is 0 Å². The summed E-state index contributed by atoms with van der Waals surface area (Å²) in [7, 11) is 1.69. The van der Waals surface area contributed by atoms with Gasteiger partial charge in [0.25, 0.3) is 5.91 Å². The van der Waals surface area contributed by atoms with Gasteiger partial charge in [-0.3, -0.25) is 9.59 Å². The highest BCUT2D eigenvalue weighted by atomic mass is 32.1. The van der Waals surface area contributed by atoms with E-state index in [0.29, 0.717) is 0 Å². The molecule has 144 valence electrons. The van der Waals surface area contributed by atoms with Gasteiger partial charge in [0.15, 0.2) is 0 Å². The fourth-order valence-electron chi connectivity index (χ4n) is 3.59. The van der Waals surface area contributed by atoms with Gasteiger partial charge in [-0.05, 0) is 67.9 Å². The standard InChI is InChI=1S/C22H28N2O2S/c1-5-16-8-9-19-17(11-16)12-20(27-19)22(26)24(4)13-21(25)23-18-10-14(2)6-7-15(18)3/h6-7,10,12,16H,5,8-9,11,13H2,1-4H3,(H,23,25)/t16-/m0/s1. The molecule has 1 atom stereocenters. The highest BCUT2D eigenvalue weighted by Gasteiger charge is 2.24. The summed E-state index contributed by atoms with van der Waals surface area (Å²) < 4.78 is 0. The molecule has 2 amide bonds. The minimum atomic E-state index is -0.174. The number of carbonyl (C=O) groups excluding carboxylic acids is 2. The van der Waals surface area contributed by atoms with E-state index in [4.69, 9.17) is 0 Å². The minimum absolute atomic E-state index is 0.0480. The van der Waals surface area contributed by atoms with Gasteiger partial charge in [0, 0.05) is 17.6 Å². The summed E-state index contributed by atoms with van der Waals surface area (Å²) in [6.07, 6.45) is 4.55. The van der Waals surface area contributed by atoms with Crippen molar-refractivity contribution in [2.24, 2.45) is 5.92 Å². The van der Waals surface area contributed by atoms with Crippen molar-refractivity contribution in [3.63, 3.8) is 0 Å². The number of rotatable bonds is 5. The molecular formula is C22H28N2O2S. The Morgan fingerprint density at radius 1 is 1.26 bits per heavy atom. The molecule has 0 aliphatic heterocycles. The molecule has 0 saturated carbocycles. The Labute approximate surface area is 165 Å². The van der Waals surface area contributed by atoms with Crippen LogP contribution in [0.4, 0.5) is 5.69 Å². The van der Waals surface area contributed by atoms with Crippen LogP contribution in [0.1, 0.15) is 51.0 Å². The molecule has 1 aromatic carbocycles. The second-order valence-electron chi connectivity index (χ2n) is 7.60. The molecule has 0 unspecified atom stereocenters. The molecule has 3 rings (SSSR count). The number of aryl methyl sites for hydroxylation is 3. The van der Waals surface area contributed by atoms with E-state index in [-0.39, 0.29) is 18.4 Å². The molecule has 1 aliphatic rings. The van der Waals surface area contributed by atoms with Crippen molar-refractivity contribution in [3.05, 3.63) is 50.7 Å². The summed E-state index contributed by atoms with van der Waals surface area (Å²) in [5.41, 5.74) is 4.24. The molecular weight excluding hydrogens is 356 g/mol. The number of carbonyl (C=O) groups is 2. The normalized spacial score (nSPS) is 15.9. The second-order valence-corrected chi connectivity index (χ2v) is 8.74. The first-order chi connectivity index (χ1) is 12.9. The molecule has 0 radical (unpaired) electrons. The number of likely N-dealkylation sites (N-methyl/N-ethyl adjacent to an activating group) is 1. The summed E-state index contributed by atoms with van der Waals surface area (Å²) in [5, 5.41) is 2.92. The van der Waals surface area contributed by atoms with E-state index in [1.54, 1.807) is 18.4 Å². The van der Waals surface area contributed by atoms with Crippen LogP contribution in [0.15, 0.2) is 24.3 Å². The van der Waals surface area contributed by atoms with Crippen molar-refractivity contribution in [1.29, 1.82) is 0 Å². The molecule has 0 bridgehead atoms. The quantitative estimate of drug-likeness (QED) is 0.820. The predicted octanol–water partition coefficient (Wildman–Crippen LogP) is 4.59. The zero-order chi connectivity index (χ0) is 19.6. The number of nitrogens with zero attached hydrogens (tertiary/aromatic N) is 1. The molecule has 2 aromatic rings. The number of hydrogen-bond donors (Lipinski definition) is 1. The molecule has 1 heterocycles. The van der Waals surface area contributed by atoms with E-state index in [1.807, 2.05) is 38.1 Å². The summed E-state index contributed by atoms with van der Waals surface area (Å²) in [5.74, 6) is 0.488. The van der Waals surface area contributed by atoms with Crippen LogP contribution >= 0.6 is 11.3 Å². The van der Waals surface area contributed by atoms with Crippen molar-refractivity contribution in [2.45, 2.75) is 46.5 Å². The fraction of sp³-hybridized carbons (Fsp3) is 0.455. The molecule has 1 aromatic heterocycles. The van der Waals surface area contributed by atoms with Crippen LogP contribution in [0, 0.1) is 19.8 Å². The van der Waals surface area contributed by atoms with E-state index in [2.05, 4.69) is 12.2 Å².